The summed E-state index contributed by atoms with van der Waals surface area (Å²) in [6.07, 6.45) is -3.75. The first kappa shape index (κ1) is 25.0. The van der Waals surface area contributed by atoms with Crippen LogP contribution in [0, 0.1) is 0 Å². The monoisotopic (exact) mass is 527 g/mol. The maximum atomic E-state index is 13.1. The minimum Gasteiger partial charge on any atom is -0.406 e. The lowest BCUT2D eigenvalue weighted by molar-refractivity contribution is -0.274. The number of sulfonamides is 1. The average Bonchev–Trinajstić information content (AvgIpc) is 3.35. The second-order valence-electron chi connectivity index (χ2n) is 8.75. The van der Waals surface area contributed by atoms with Gasteiger partial charge in [-0.1, -0.05) is 60.7 Å². The van der Waals surface area contributed by atoms with Crippen LogP contribution in [0.25, 0.3) is 22.5 Å². The zero-order valence-electron chi connectivity index (χ0n) is 19.7. The fraction of sp³-hybridized carbons (Fsp3) is 0.222. The Kier molecular flexibility index (Phi) is 6.78. The topological polar surface area (TPSA) is 64.4 Å². The molecule has 1 aromatic heterocycles. The van der Waals surface area contributed by atoms with Crippen LogP contribution in [0.15, 0.2) is 95.9 Å². The second kappa shape index (κ2) is 10.0. The standard InChI is InChI=1S/C27H24F3N3O3S/c28-27(29,30)36-23-11-13-24(14-12-23)37(34,35)32-17-15-22(16-18-32)33-26(21-9-5-2-6-10-21)19-25(31-33)20-7-3-1-4-8-20/h1-14,19,22H,15-18H2. The third-order valence-electron chi connectivity index (χ3n) is 6.34. The Balaban J connectivity index is 1.36. The van der Waals surface area contributed by atoms with Crippen LogP contribution >= 0.6 is 0 Å². The third-order valence-corrected chi connectivity index (χ3v) is 8.25. The normalized spacial score (nSPS) is 15.5. The number of hydrogen-bond acceptors (Lipinski definition) is 4. The molecule has 0 unspecified atom stereocenters. The predicted molar refractivity (Wildman–Crippen MR) is 133 cm³/mol. The SMILES string of the molecule is O=S(=O)(c1ccc(OC(F)(F)F)cc1)N1CCC(n2nc(-c3ccccc3)cc2-c2ccccc2)CC1. The second-order valence-corrected chi connectivity index (χ2v) is 10.7. The first-order chi connectivity index (χ1) is 17.7. The predicted octanol–water partition coefficient (Wildman–Crippen LogP) is 6.14. The van der Waals surface area contributed by atoms with Crippen LogP contribution in [0.3, 0.4) is 0 Å². The van der Waals surface area contributed by atoms with Crippen LogP contribution in [-0.2, 0) is 10.0 Å². The van der Waals surface area contributed by atoms with E-state index in [0.717, 1.165) is 46.8 Å². The van der Waals surface area contributed by atoms with E-state index >= 15 is 0 Å². The van der Waals surface area contributed by atoms with Crippen molar-refractivity contribution in [1.82, 2.24) is 14.1 Å². The molecule has 0 spiro atoms. The zero-order chi connectivity index (χ0) is 26.0. The number of aromatic nitrogens is 2. The van der Waals surface area contributed by atoms with Gasteiger partial charge in [-0.25, -0.2) is 8.42 Å². The fourth-order valence-corrected chi connectivity index (χ4v) is 6.01. The van der Waals surface area contributed by atoms with E-state index in [1.807, 2.05) is 65.3 Å². The molecule has 0 radical (unpaired) electrons. The van der Waals surface area contributed by atoms with Gasteiger partial charge in [0.15, 0.2) is 0 Å². The number of ether oxygens (including phenoxy) is 1. The van der Waals surface area contributed by atoms with Crippen LogP contribution in [0.4, 0.5) is 13.2 Å². The number of alkyl halides is 3. The van der Waals surface area contributed by atoms with Crippen LogP contribution in [0.2, 0.25) is 0 Å². The molecule has 3 aromatic carbocycles. The third kappa shape index (κ3) is 5.55. The average molecular weight is 528 g/mol. The van der Waals surface area contributed by atoms with Gasteiger partial charge in [-0.3, -0.25) is 4.68 Å². The summed E-state index contributed by atoms with van der Waals surface area (Å²) in [5.41, 5.74) is 3.82. The summed E-state index contributed by atoms with van der Waals surface area (Å²) in [6.45, 7) is 0.533. The first-order valence-electron chi connectivity index (χ1n) is 11.8. The summed E-state index contributed by atoms with van der Waals surface area (Å²) in [5, 5.41) is 4.91. The summed E-state index contributed by atoms with van der Waals surface area (Å²) in [4.78, 5) is -0.0732. The van der Waals surface area contributed by atoms with Crippen molar-refractivity contribution in [3.8, 4) is 28.3 Å². The highest BCUT2D eigenvalue weighted by atomic mass is 32.2. The molecule has 0 bridgehead atoms. The number of nitrogens with zero attached hydrogens (tertiary/aromatic N) is 3. The number of hydrogen-bond donors (Lipinski definition) is 0. The Morgan fingerprint density at radius 1 is 0.811 bits per heavy atom. The van der Waals surface area contributed by atoms with Crippen LogP contribution in [-0.4, -0.2) is 42.0 Å². The van der Waals surface area contributed by atoms with E-state index < -0.39 is 22.1 Å². The fourth-order valence-electron chi connectivity index (χ4n) is 4.54. The molecule has 0 aliphatic carbocycles. The van der Waals surface area contributed by atoms with E-state index in [0.29, 0.717) is 12.8 Å². The Morgan fingerprint density at radius 2 is 1.38 bits per heavy atom. The van der Waals surface area contributed by atoms with Gasteiger partial charge in [0, 0.05) is 18.7 Å². The Morgan fingerprint density at radius 3 is 1.95 bits per heavy atom. The first-order valence-corrected chi connectivity index (χ1v) is 13.2. The van der Waals surface area contributed by atoms with Gasteiger partial charge < -0.3 is 4.74 Å². The molecule has 1 saturated heterocycles. The van der Waals surface area contributed by atoms with Gasteiger partial charge in [0.2, 0.25) is 10.0 Å². The van der Waals surface area contributed by atoms with Gasteiger partial charge >= 0.3 is 6.36 Å². The Hall–Kier alpha value is -3.63. The molecule has 5 rings (SSSR count). The molecular weight excluding hydrogens is 503 g/mol. The van der Waals surface area contributed by atoms with Crippen LogP contribution in [0.5, 0.6) is 5.75 Å². The van der Waals surface area contributed by atoms with E-state index in [1.165, 1.54) is 4.31 Å². The summed E-state index contributed by atoms with van der Waals surface area (Å²) in [7, 11) is -3.86. The maximum absolute atomic E-state index is 13.1. The van der Waals surface area contributed by atoms with E-state index in [9.17, 15) is 21.6 Å². The highest BCUT2D eigenvalue weighted by molar-refractivity contribution is 7.89. The Labute approximate surface area is 213 Å². The van der Waals surface area contributed by atoms with Gasteiger partial charge in [0.25, 0.3) is 0 Å². The minimum atomic E-state index is -4.84. The lowest BCUT2D eigenvalue weighted by Gasteiger charge is -2.32. The molecule has 37 heavy (non-hydrogen) atoms. The molecule has 1 aliphatic rings. The van der Waals surface area contributed by atoms with Crippen molar-refractivity contribution < 1.29 is 26.3 Å². The molecule has 10 heteroatoms. The van der Waals surface area contributed by atoms with Crippen molar-refractivity contribution in [2.75, 3.05) is 13.1 Å². The van der Waals surface area contributed by atoms with E-state index in [1.54, 1.807) is 0 Å². The number of rotatable bonds is 6. The smallest absolute Gasteiger partial charge is 0.406 e. The van der Waals surface area contributed by atoms with Gasteiger partial charge in [-0.05, 0) is 48.7 Å². The molecule has 192 valence electrons. The Bertz CT molecular complexity index is 1450. The number of benzene rings is 3. The molecular formula is C27H24F3N3O3S. The molecule has 2 heterocycles. The molecule has 4 aromatic rings. The van der Waals surface area contributed by atoms with E-state index in [-0.39, 0.29) is 24.0 Å². The van der Waals surface area contributed by atoms with Gasteiger partial charge in [0.05, 0.1) is 22.3 Å². The molecule has 1 fully saturated rings. The number of piperidine rings is 1. The lowest BCUT2D eigenvalue weighted by atomic mass is 10.1. The summed E-state index contributed by atoms with van der Waals surface area (Å²) >= 11 is 0. The van der Waals surface area contributed by atoms with E-state index in [2.05, 4.69) is 10.8 Å². The van der Waals surface area contributed by atoms with Crippen molar-refractivity contribution in [3.63, 3.8) is 0 Å². The highest BCUT2D eigenvalue weighted by Crippen LogP contribution is 2.34. The molecule has 1 aliphatic heterocycles. The summed E-state index contributed by atoms with van der Waals surface area (Å²) < 4.78 is 70.8. The molecule has 0 atom stereocenters. The van der Waals surface area contributed by atoms with Crippen molar-refractivity contribution in [2.45, 2.75) is 30.1 Å². The van der Waals surface area contributed by atoms with Crippen molar-refractivity contribution in [3.05, 3.63) is 91.0 Å². The van der Waals surface area contributed by atoms with Crippen molar-refractivity contribution in [2.24, 2.45) is 0 Å². The van der Waals surface area contributed by atoms with Crippen molar-refractivity contribution >= 4 is 10.0 Å². The summed E-state index contributed by atoms with van der Waals surface area (Å²) in [5.74, 6) is -0.466. The maximum Gasteiger partial charge on any atom is 0.573 e. The molecule has 0 N–H and O–H groups in total. The molecule has 0 amide bonds. The van der Waals surface area contributed by atoms with Gasteiger partial charge in [0.1, 0.15) is 5.75 Å². The number of halogens is 3. The van der Waals surface area contributed by atoms with E-state index in [4.69, 9.17) is 5.10 Å². The summed E-state index contributed by atoms with van der Waals surface area (Å²) in [6, 6.07) is 26.1. The van der Waals surface area contributed by atoms with Gasteiger partial charge in [-0.15, -0.1) is 13.2 Å². The van der Waals surface area contributed by atoms with Crippen LogP contribution in [0.1, 0.15) is 18.9 Å². The lowest BCUT2D eigenvalue weighted by Crippen LogP contribution is -2.39. The zero-order valence-corrected chi connectivity index (χ0v) is 20.5. The molecule has 6 nitrogen and oxygen atoms in total. The molecule has 0 saturated carbocycles. The largest absolute Gasteiger partial charge is 0.573 e. The highest BCUT2D eigenvalue weighted by Gasteiger charge is 2.33. The minimum absolute atomic E-state index is 0.0123. The quantitative estimate of drug-likeness (QED) is 0.302. The van der Waals surface area contributed by atoms with Crippen molar-refractivity contribution in [1.29, 1.82) is 0 Å². The van der Waals surface area contributed by atoms with Gasteiger partial charge in [-0.2, -0.15) is 9.40 Å². The van der Waals surface area contributed by atoms with Crippen LogP contribution < -0.4 is 4.74 Å².